The fourth-order valence-electron chi connectivity index (χ4n) is 5.48. The molecule has 5 rings (SSSR count). The van der Waals surface area contributed by atoms with E-state index in [0.29, 0.717) is 35.3 Å². The standard InChI is InChI=1S/C19H25N5O2S.CH2O2/c1-3-16-21-24-18(26)7-11(20-19(24)27-16)8-23-14-5-6-15(23)13-10-22(9-12(13)14)17(25)4-2;2-1-3/h7,12-15H,3-6,8-10H2,1-2H3;1H,(H,2,3)/t12-,13+,14-,15+;. The third kappa shape index (κ3) is 3.51. The zero-order chi connectivity index (χ0) is 21.4. The predicted octanol–water partition coefficient (Wildman–Crippen LogP) is 1.25. The summed E-state index contributed by atoms with van der Waals surface area (Å²) in [6.07, 6.45) is 3.81. The normalized spacial score (nSPS) is 27.2. The first-order chi connectivity index (χ1) is 14.5. The van der Waals surface area contributed by atoms with E-state index in [1.807, 2.05) is 13.8 Å². The fraction of sp³-hybridized carbons (Fsp3) is 0.650. The quantitative estimate of drug-likeness (QED) is 0.723. The second-order valence-electron chi connectivity index (χ2n) is 8.10. The molecule has 9 nitrogen and oxygen atoms in total. The minimum absolute atomic E-state index is 0.0857. The first-order valence-corrected chi connectivity index (χ1v) is 11.3. The van der Waals surface area contributed by atoms with Gasteiger partial charge in [-0.15, -0.1) is 0 Å². The summed E-state index contributed by atoms with van der Waals surface area (Å²) >= 11 is 1.50. The number of fused-ring (bicyclic) bond motifs is 6. The molecule has 3 saturated heterocycles. The van der Waals surface area contributed by atoms with Crippen molar-refractivity contribution in [1.29, 1.82) is 0 Å². The van der Waals surface area contributed by atoms with Crippen LogP contribution in [0, 0.1) is 11.8 Å². The minimum Gasteiger partial charge on any atom is -0.483 e. The molecule has 2 aromatic heterocycles. The van der Waals surface area contributed by atoms with E-state index in [0.717, 1.165) is 36.8 Å². The van der Waals surface area contributed by atoms with Crippen molar-refractivity contribution in [2.24, 2.45) is 11.8 Å². The number of hydrogen-bond acceptors (Lipinski definition) is 7. The molecule has 162 valence electrons. The number of amides is 1. The van der Waals surface area contributed by atoms with Gasteiger partial charge in [-0.05, 0) is 31.1 Å². The van der Waals surface area contributed by atoms with Gasteiger partial charge in [0.25, 0.3) is 12.0 Å². The molecule has 3 fully saturated rings. The van der Waals surface area contributed by atoms with Crippen molar-refractivity contribution in [2.45, 2.75) is 58.2 Å². The summed E-state index contributed by atoms with van der Waals surface area (Å²) in [6, 6.07) is 2.68. The molecule has 1 amide bonds. The Morgan fingerprint density at radius 2 is 1.90 bits per heavy atom. The number of aromatic nitrogens is 3. The van der Waals surface area contributed by atoms with Crippen LogP contribution in [-0.4, -0.2) is 67.1 Å². The molecule has 0 aliphatic carbocycles. The smallest absolute Gasteiger partial charge is 0.290 e. The Kier molecular flexibility index (Phi) is 5.88. The van der Waals surface area contributed by atoms with E-state index >= 15 is 0 Å². The fourth-order valence-corrected chi connectivity index (χ4v) is 6.33. The van der Waals surface area contributed by atoms with E-state index < -0.39 is 0 Å². The molecule has 2 aromatic rings. The van der Waals surface area contributed by atoms with Gasteiger partial charge in [0, 0.05) is 44.2 Å². The Morgan fingerprint density at radius 3 is 2.47 bits per heavy atom. The van der Waals surface area contributed by atoms with E-state index in [1.165, 1.54) is 28.7 Å². The number of likely N-dealkylation sites (tertiary alicyclic amines) is 1. The second-order valence-corrected chi connectivity index (χ2v) is 9.14. The van der Waals surface area contributed by atoms with Gasteiger partial charge in [0.05, 0.1) is 5.69 Å². The largest absolute Gasteiger partial charge is 0.483 e. The minimum atomic E-state index is -0.250. The zero-order valence-corrected chi connectivity index (χ0v) is 18.0. The molecule has 1 N–H and O–H groups in total. The maximum Gasteiger partial charge on any atom is 0.290 e. The summed E-state index contributed by atoms with van der Waals surface area (Å²) in [7, 11) is 0. The Morgan fingerprint density at radius 1 is 1.27 bits per heavy atom. The van der Waals surface area contributed by atoms with Crippen molar-refractivity contribution < 1.29 is 14.7 Å². The molecule has 2 bridgehead atoms. The molecule has 0 saturated carbocycles. The lowest BCUT2D eigenvalue weighted by Crippen LogP contribution is -2.37. The Hall–Kier alpha value is -2.33. The molecular formula is C20H27N5O4S. The highest BCUT2D eigenvalue weighted by Gasteiger charge is 2.56. The van der Waals surface area contributed by atoms with Gasteiger partial charge in [-0.1, -0.05) is 25.2 Å². The highest BCUT2D eigenvalue weighted by atomic mass is 32.1. The molecule has 4 atom stereocenters. The Bertz CT molecular complexity index is 985. The van der Waals surface area contributed by atoms with Crippen LogP contribution in [0.5, 0.6) is 0 Å². The molecule has 3 aliphatic rings. The predicted molar refractivity (Wildman–Crippen MR) is 111 cm³/mol. The number of rotatable bonds is 4. The van der Waals surface area contributed by atoms with Gasteiger partial charge in [-0.3, -0.25) is 19.3 Å². The summed E-state index contributed by atoms with van der Waals surface area (Å²) in [5.41, 5.74) is 0.766. The first kappa shape index (κ1) is 20.9. The molecular weight excluding hydrogens is 406 g/mol. The highest BCUT2D eigenvalue weighted by molar-refractivity contribution is 7.16. The lowest BCUT2D eigenvalue weighted by molar-refractivity contribution is -0.130. The lowest BCUT2D eigenvalue weighted by Gasteiger charge is -2.26. The van der Waals surface area contributed by atoms with Crippen molar-refractivity contribution in [3.05, 3.63) is 27.1 Å². The van der Waals surface area contributed by atoms with Crippen molar-refractivity contribution >= 4 is 28.7 Å². The highest BCUT2D eigenvalue weighted by Crippen LogP contribution is 2.49. The van der Waals surface area contributed by atoms with Gasteiger partial charge >= 0.3 is 0 Å². The van der Waals surface area contributed by atoms with E-state index in [9.17, 15) is 9.59 Å². The summed E-state index contributed by atoms with van der Waals surface area (Å²) in [4.78, 5) is 42.9. The van der Waals surface area contributed by atoms with E-state index in [2.05, 4.69) is 14.9 Å². The molecule has 30 heavy (non-hydrogen) atoms. The van der Waals surface area contributed by atoms with Crippen LogP contribution in [0.2, 0.25) is 0 Å². The molecule has 0 unspecified atom stereocenters. The van der Waals surface area contributed by atoms with Crippen LogP contribution >= 0.6 is 11.3 Å². The second kappa shape index (κ2) is 8.43. The van der Waals surface area contributed by atoms with Gasteiger partial charge < -0.3 is 10.0 Å². The van der Waals surface area contributed by atoms with Crippen LogP contribution in [0.1, 0.15) is 43.8 Å². The monoisotopic (exact) mass is 433 g/mol. The van der Waals surface area contributed by atoms with Gasteiger partial charge in [0.2, 0.25) is 10.9 Å². The average Bonchev–Trinajstić information content (AvgIpc) is 3.48. The third-order valence-electron chi connectivity index (χ3n) is 6.65. The van der Waals surface area contributed by atoms with Crippen molar-refractivity contribution in [2.75, 3.05) is 13.1 Å². The van der Waals surface area contributed by atoms with Crippen LogP contribution in [0.4, 0.5) is 0 Å². The van der Waals surface area contributed by atoms with Crippen LogP contribution in [0.3, 0.4) is 0 Å². The number of nitrogens with zero attached hydrogens (tertiary/aromatic N) is 5. The van der Waals surface area contributed by atoms with Crippen molar-refractivity contribution in [1.82, 2.24) is 24.4 Å². The van der Waals surface area contributed by atoms with Crippen LogP contribution in [-0.2, 0) is 22.6 Å². The number of hydrogen-bond donors (Lipinski definition) is 1. The average molecular weight is 434 g/mol. The van der Waals surface area contributed by atoms with E-state index in [4.69, 9.17) is 14.9 Å². The van der Waals surface area contributed by atoms with Gasteiger partial charge in [0.1, 0.15) is 5.01 Å². The van der Waals surface area contributed by atoms with E-state index in [1.54, 1.807) is 6.07 Å². The summed E-state index contributed by atoms with van der Waals surface area (Å²) in [5, 5.41) is 12.2. The Labute approximate surface area is 178 Å². The van der Waals surface area contributed by atoms with Crippen molar-refractivity contribution in [3.8, 4) is 0 Å². The molecule has 3 aliphatic heterocycles. The SMILES string of the molecule is CCC(=O)N1C[C@@H]2[C@H](C1)[C@@H]1CC[C@H]2N1Cc1cc(=O)n2nc(CC)sc2n1.O=CO. The number of aryl methyl sites for hydroxylation is 1. The number of carbonyl (C=O) groups excluding carboxylic acids is 1. The summed E-state index contributed by atoms with van der Waals surface area (Å²) in [5.74, 6) is 1.45. The zero-order valence-electron chi connectivity index (χ0n) is 17.2. The maximum absolute atomic E-state index is 12.4. The van der Waals surface area contributed by atoms with Crippen LogP contribution in [0.15, 0.2) is 10.9 Å². The third-order valence-corrected chi connectivity index (χ3v) is 7.71. The van der Waals surface area contributed by atoms with E-state index in [-0.39, 0.29) is 17.9 Å². The lowest BCUT2D eigenvalue weighted by atomic mass is 9.82. The molecule has 5 heterocycles. The summed E-state index contributed by atoms with van der Waals surface area (Å²) < 4.78 is 1.43. The summed E-state index contributed by atoms with van der Waals surface area (Å²) in [6.45, 7) is 6.27. The number of carboxylic acid groups (broad SMARTS) is 1. The van der Waals surface area contributed by atoms with Gasteiger partial charge in [-0.2, -0.15) is 9.61 Å². The molecule has 0 radical (unpaired) electrons. The maximum atomic E-state index is 12.4. The number of carbonyl (C=O) groups is 2. The molecule has 10 heteroatoms. The van der Waals surface area contributed by atoms with Crippen LogP contribution in [0.25, 0.3) is 4.96 Å². The topological polar surface area (TPSA) is 108 Å². The van der Waals surface area contributed by atoms with Crippen LogP contribution < -0.4 is 5.56 Å². The van der Waals surface area contributed by atoms with Crippen molar-refractivity contribution in [3.63, 3.8) is 0 Å². The van der Waals surface area contributed by atoms with Gasteiger partial charge in [-0.25, -0.2) is 4.98 Å². The first-order valence-electron chi connectivity index (χ1n) is 10.5. The van der Waals surface area contributed by atoms with Gasteiger partial charge in [0.15, 0.2) is 0 Å². The Balaban J connectivity index is 0.000000687. The molecule has 0 aromatic carbocycles. The molecule has 0 spiro atoms.